The summed E-state index contributed by atoms with van der Waals surface area (Å²) in [5.74, 6) is 0.965. The van der Waals surface area contributed by atoms with Crippen LogP contribution in [-0.4, -0.2) is 36.5 Å². The molecule has 2 aromatic rings. The highest BCUT2D eigenvalue weighted by Gasteiger charge is 2.20. The lowest BCUT2D eigenvalue weighted by Crippen LogP contribution is -2.43. The number of carbonyl (C=O) groups excluding carboxylic acids is 1. The Morgan fingerprint density at radius 1 is 1.15 bits per heavy atom. The van der Waals surface area contributed by atoms with Gasteiger partial charge in [0.2, 0.25) is 5.91 Å². The van der Waals surface area contributed by atoms with Crippen LogP contribution in [0.2, 0.25) is 0 Å². The molecule has 0 aromatic heterocycles. The van der Waals surface area contributed by atoms with Crippen molar-refractivity contribution in [3.8, 4) is 5.75 Å². The molecular weight excluding hydrogens is 336 g/mol. The van der Waals surface area contributed by atoms with Gasteiger partial charge >= 0.3 is 0 Å². The highest BCUT2D eigenvalue weighted by atomic mass is 16.5. The first-order valence-corrected chi connectivity index (χ1v) is 9.77. The van der Waals surface area contributed by atoms with Crippen LogP contribution in [0.1, 0.15) is 29.5 Å². The third-order valence-electron chi connectivity index (χ3n) is 5.32. The van der Waals surface area contributed by atoms with E-state index >= 15 is 0 Å². The van der Waals surface area contributed by atoms with Crippen molar-refractivity contribution < 1.29 is 9.53 Å². The van der Waals surface area contributed by atoms with Gasteiger partial charge in [0, 0.05) is 38.2 Å². The largest absolute Gasteiger partial charge is 0.493 e. The number of hydrogen-bond acceptors (Lipinski definition) is 3. The fourth-order valence-electron chi connectivity index (χ4n) is 3.81. The number of nitrogens with zero attached hydrogens (tertiary/aromatic N) is 1. The van der Waals surface area contributed by atoms with Crippen molar-refractivity contribution >= 4 is 12.0 Å². The molecule has 2 aliphatic rings. The summed E-state index contributed by atoms with van der Waals surface area (Å²) >= 11 is 0. The van der Waals surface area contributed by atoms with E-state index in [0.717, 1.165) is 56.8 Å². The maximum atomic E-state index is 12.3. The van der Waals surface area contributed by atoms with Crippen LogP contribution < -0.4 is 10.1 Å². The first-order chi connectivity index (χ1) is 13.3. The Hall–Kier alpha value is -2.59. The highest BCUT2D eigenvalue weighted by Crippen LogP contribution is 2.26. The summed E-state index contributed by atoms with van der Waals surface area (Å²) in [5, 5.41) is 3.15. The van der Waals surface area contributed by atoms with E-state index < -0.39 is 0 Å². The zero-order valence-corrected chi connectivity index (χ0v) is 15.6. The van der Waals surface area contributed by atoms with E-state index in [1.54, 1.807) is 6.08 Å². The number of nitrogens with one attached hydrogen (secondary N) is 1. The normalized spacial score (nSPS) is 17.6. The third-order valence-corrected chi connectivity index (χ3v) is 5.32. The van der Waals surface area contributed by atoms with Gasteiger partial charge in [0.05, 0.1) is 6.61 Å². The van der Waals surface area contributed by atoms with Gasteiger partial charge < -0.3 is 10.1 Å². The predicted octanol–water partition coefficient (Wildman–Crippen LogP) is 3.42. The lowest BCUT2D eigenvalue weighted by molar-refractivity contribution is -0.117. The molecule has 0 saturated carbocycles. The zero-order valence-electron chi connectivity index (χ0n) is 15.6. The lowest BCUT2D eigenvalue weighted by Gasteiger charge is -2.32. The second-order valence-corrected chi connectivity index (χ2v) is 7.34. The van der Waals surface area contributed by atoms with Crippen LogP contribution >= 0.6 is 0 Å². The minimum atomic E-state index is -0.00624. The Labute approximate surface area is 160 Å². The van der Waals surface area contributed by atoms with Crippen LogP contribution in [-0.2, 0) is 17.8 Å². The molecule has 1 N–H and O–H groups in total. The molecule has 2 heterocycles. The molecule has 140 valence electrons. The van der Waals surface area contributed by atoms with Crippen molar-refractivity contribution in [2.75, 3.05) is 19.7 Å². The summed E-state index contributed by atoms with van der Waals surface area (Å²) < 4.78 is 5.52. The quantitative estimate of drug-likeness (QED) is 0.829. The molecule has 0 spiro atoms. The van der Waals surface area contributed by atoms with Gasteiger partial charge in [0.15, 0.2) is 0 Å². The SMILES string of the molecule is O=C(/C=C/c1ccc2c(c1)CCO2)NC1CCN(Cc2ccccc2)CC1. The minimum Gasteiger partial charge on any atom is -0.493 e. The summed E-state index contributed by atoms with van der Waals surface area (Å²) in [6, 6.07) is 16.9. The Morgan fingerprint density at radius 2 is 1.96 bits per heavy atom. The first kappa shape index (κ1) is 17.8. The van der Waals surface area contributed by atoms with Gasteiger partial charge in [-0.25, -0.2) is 0 Å². The highest BCUT2D eigenvalue weighted by molar-refractivity contribution is 5.92. The lowest BCUT2D eigenvalue weighted by atomic mass is 10.0. The first-order valence-electron chi connectivity index (χ1n) is 9.77. The van der Waals surface area contributed by atoms with Crippen LogP contribution in [0.3, 0.4) is 0 Å². The minimum absolute atomic E-state index is 0.00624. The number of hydrogen-bond donors (Lipinski definition) is 1. The second kappa shape index (κ2) is 8.40. The van der Waals surface area contributed by atoms with Gasteiger partial charge in [-0.2, -0.15) is 0 Å². The number of benzene rings is 2. The molecule has 4 rings (SSSR count). The maximum absolute atomic E-state index is 12.3. The standard InChI is InChI=1S/C23H26N2O2/c26-23(9-7-18-6-8-22-20(16-18)12-15-27-22)24-21-10-13-25(14-11-21)17-19-4-2-1-3-5-19/h1-9,16,21H,10-15,17H2,(H,24,26)/b9-7+. The predicted molar refractivity (Wildman–Crippen MR) is 108 cm³/mol. The number of ether oxygens (including phenoxy) is 1. The van der Waals surface area contributed by atoms with Crippen molar-refractivity contribution in [2.45, 2.75) is 31.8 Å². The van der Waals surface area contributed by atoms with Crippen LogP contribution in [0.25, 0.3) is 6.08 Å². The number of amides is 1. The smallest absolute Gasteiger partial charge is 0.244 e. The van der Waals surface area contributed by atoms with Gasteiger partial charge in [0.25, 0.3) is 0 Å². The molecule has 0 aliphatic carbocycles. The number of piperidine rings is 1. The summed E-state index contributed by atoms with van der Waals surface area (Å²) in [5.41, 5.74) is 3.62. The van der Waals surface area contributed by atoms with Crippen LogP contribution in [0.15, 0.2) is 54.6 Å². The molecule has 1 amide bonds. The molecule has 0 bridgehead atoms. The Morgan fingerprint density at radius 3 is 2.78 bits per heavy atom. The molecule has 4 nitrogen and oxygen atoms in total. The van der Waals surface area contributed by atoms with E-state index in [1.807, 2.05) is 18.2 Å². The molecular formula is C23H26N2O2. The summed E-state index contributed by atoms with van der Waals surface area (Å²) in [7, 11) is 0. The average Bonchev–Trinajstić information content (AvgIpc) is 3.17. The zero-order chi connectivity index (χ0) is 18.5. The Kier molecular flexibility index (Phi) is 5.54. The molecule has 0 radical (unpaired) electrons. The average molecular weight is 362 g/mol. The topological polar surface area (TPSA) is 41.6 Å². The molecule has 2 aliphatic heterocycles. The number of carbonyl (C=O) groups is 1. The molecule has 4 heteroatoms. The summed E-state index contributed by atoms with van der Waals surface area (Å²) in [4.78, 5) is 14.7. The van der Waals surface area contributed by atoms with Crippen molar-refractivity contribution in [1.29, 1.82) is 0 Å². The summed E-state index contributed by atoms with van der Waals surface area (Å²) in [6.07, 6.45) is 6.49. The maximum Gasteiger partial charge on any atom is 0.244 e. The van der Waals surface area contributed by atoms with E-state index in [0.29, 0.717) is 0 Å². The molecule has 0 atom stereocenters. The van der Waals surface area contributed by atoms with Crippen molar-refractivity contribution in [3.05, 3.63) is 71.3 Å². The van der Waals surface area contributed by atoms with E-state index in [2.05, 4.69) is 46.6 Å². The molecule has 0 unspecified atom stereocenters. The number of fused-ring (bicyclic) bond motifs is 1. The monoisotopic (exact) mass is 362 g/mol. The van der Waals surface area contributed by atoms with Gasteiger partial charge in [-0.1, -0.05) is 36.4 Å². The molecule has 2 aromatic carbocycles. The fourth-order valence-corrected chi connectivity index (χ4v) is 3.81. The second-order valence-electron chi connectivity index (χ2n) is 7.34. The molecule has 1 fully saturated rings. The van der Waals surface area contributed by atoms with Crippen molar-refractivity contribution in [2.24, 2.45) is 0 Å². The van der Waals surface area contributed by atoms with Gasteiger partial charge in [-0.15, -0.1) is 0 Å². The summed E-state index contributed by atoms with van der Waals surface area (Å²) in [6.45, 7) is 3.79. The van der Waals surface area contributed by atoms with Crippen molar-refractivity contribution in [1.82, 2.24) is 10.2 Å². The van der Waals surface area contributed by atoms with E-state index in [4.69, 9.17) is 4.74 Å². The number of likely N-dealkylation sites (tertiary alicyclic amines) is 1. The third kappa shape index (κ3) is 4.77. The van der Waals surface area contributed by atoms with Gasteiger partial charge in [-0.3, -0.25) is 9.69 Å². The molecule has 27 heavy (non-hydrogen) atoms. The van der Waals surface area contributed by atoms with Gasteiger partial charge in [-0.05, 0) is 47.7 Å². The molecule has 1 saturated heterocycles. The van der Waals surface area contributed by atoms with Crippen molar-refractivity contribution in [3.63, 3.8) is 0 Å². The van der Waals surface area contributed by atoms with Gasteiger partial charge in [0.1, 0.15) is 5.75 Å². The van der Waals surface area contributed by atoms with E-state index in [9.17, 15) is 4.79 Å². The van der Waals surface area contributed by atoms with Crippen LogP contribution in [0.4, 0.5) is 0 Å². The van der Waals surface area contributed by atoms with E-state index in [1.165, 1.54) is 11.1 Å². The Bertz CT molecular complexity index is 808. The van der Waals surface area contributed by atoms with E-state index in [-0.39, 0.29) is 11.9 Å². The Balaban J connectivity index is 1.23. The fraction of sp³-hybridized carbons (Fsp3) is 0.348. The van der Waals surface area contributed by atoms with Crippen LogP contribution in [0.5, 0.6) is 5.75 Å². The number of rotatable bonds is 5. The van der Waals surface area contributed by atoms with Crippen LogP contribution in [0, 0.1) is 0 Å².